The Bertz CT molecular complexity index is 1870. The van der Waals surface area contributed by atoms with Crippen LogP contribution in [0.15, 0.2) is 102 Å². The Balaban J connectivity index is 0.000000169. The number of rotatable bonds is 2. The fourth-order valence-electron chi connectivity index (χ4n) is 5.03. The van der Waals surface area contributed by atoms with Crippen LogP contribution in [0, 0.1) is 20.8 Å². The molecule has 1 saturated heterocycles. The predicted molar refractivity (Wildman–Crippen MR) is 209 cm³/mol. The van der Waals surface area contributed by atoms with Crippen molar-refractivity contribution in [3.05, 3.63) is 130 Å². The number of hydrogen-bond acceptors (Lipinski definition) is 6. The summed E-state index contributed by atoms with van der Waals surface area (Å²) in [5.41, 5.74) is 8.95. The number of aromatic nitrogens is 4. The highest BCUT2D eigenvalue weighted by molar-refractivity contribution is 9.10. The minimum Gasteiger partial charge on any atom is -0.403 e. The average molecular weight is 740 g/mol. The molecule has 4 aromatic carbocycles. The molecule has 50 heavy (non-hydrogen) atoms. The second kappa shape index (κ2) is 18.0. The van der Waals surface area contributed by atoms with E-state index in [1.807, 2.05) is 130 Å². The van der Waals surface area contributed by atoms with Gasteiger partial charge in [-0.25, -0.2) is 9.97 Å². The van der Waals surface area contributed by atoms with Crippen LogP contribution in [-0.2, 0) is 23.4 Å². The number of fused-ring (bicyclic) bond motifs is 2. The lowest BCUT2D eigenvalue weighted by Gasteiger charge is -2.32. The number of benzene rings is 4. The van der Waals surface area contributed by atoms with Crippen LogP contribution < -0.4 is 0 Å². The van der Waals surface area contributed by atoms with Crippen molar-refractivity contribution in [3.63, 3.8) is 0 Å². The number of imidazole rings is 2. The molecule has 0 unspecified atom stereocenters. The zero-order valence-corrected chi connectivity index (χ0v) is 32.4. The van der Waals surface area contributed by atoms with Gasteiger partial charge in [-0.05, 0) is 103 Å². The maximum atomic E-state index is 10.3. The van der Waals surface area contributed by atoms with E-state index in [2.05, 4.69) is 65.7 Å². The minimum atomic E-state index is -0.160. The van der Waals surface area contributed by atoms with E-state index >= 15 is 0 Å². The molecule has 0 bridgehead atoms. The zero-order chi connectivity index (χ0) is 37.1. The molecule has 1 aliphatic heterocycles. The Morgan fingerprint density at radius 3 is 1.44 bits per heavy atom. The largest absolute Gasteiger partial charge is 0.454 e. The summed E-state index contributed by atoms with van der Waals surface area (Å²) in [6, 6.07) is 27.5. The van der Waals surface area contributed by atoms with Crippen LogP contribution in [0.4, 0.5) is 0 Å². The molecule has 0 aliphatic carbocycles. The summed E-state index contributed by atoms with van der Waals surface area (Å²) >= 11 is 3.31. The molecule has 0 N–H and O–H groups in total. The Morgan fingerprint density at radius 2 is 1.08 bits per heavy atom. The summed E-state index contributed by atoms with van der Waals surface area (Å²) in [4.78, 5) is 29.0. The van der Waals surface area contributed by atoms with Crippen molar-refractivity contribution < 1.29 is 18.9 Å². The smallest absolute Gasteiger partial charge is 0.403 e. The third-order valence-corrected chi connectivity index (χ3v) is 9.04. The number of para-hydroxylation sites is 4. The Morgan fingerprint density at radius 1 is 0.660 bits per heavy atom. The van der Waals surface area contributed by atoms with Crippen molar-refractivity contribution >= 4 is 57.7 Å². The third-order valence-electron chi connectivity index (χ3n) is 8.55. The van der Waals surface area contributed by atoms with Gasteiger partial charge in [-0.1, -0.05) is 70.0 Å². The van der Waals surface area contributed by atoms with Gasteiger partial charge in [-0.15, -0.1) is 0 Å². The number of carbonyl (C=O) groups is 2. The minimum absolute atomic E-state index is 0.0648. The Hall–Kier alpha value is -4.38. The second-order valence-corrected chi connectivity index (χ2v) is 14.0. The van der Waals surface area contributed by atoms with Gasteiger partial charge in [-0.2, -0.15) is 0 Å². The van der Waals surface area contributed by atoms with E-state index < -0.39 is 0 Å². The Kier molecular flexibility index (Phi) is 14.4. The number of halogens is 1. The molecule has 6 aromatic rings. The predicted octanol–water partition coefficient (Wildman–Crippen LogP) is 9.54. The summed E-state index contributed by atoms with van der Waals surface area (Å²) in [5.74, 6) is 0. The first kappa shape index (κ1) is 40.1. The van der Waals surface area contributed by atoms with E-state index in [1.165, 1.54) is 16.6 Å². The lowest BCUT2D eigenvalue weighted by Crippen LogP contribution is -2.41. The summed E-state index contributed by atoms with van der Waals surface area (Å²) < 4.78 is 16.1. The van der Waals surface area contributed by atoms with Gasteiger partial charge in [-0.3, -0.25) is 9.59 Å². The van der Waals surface area contributed by atoms with Crippen LogP contribution in [0.5, 0.6) is 0 Å². The van der Waals surface area contributed by atoms with E-state index in [0.717, 1.165) is 50.3 Å². The van der Waals surface area contributed by atoms with Gasteiger partial charge >= 0.3 is 7.12 Å². The van der Waals surface area contributed by atoms with Crippen LogP contribution in [0.1, 0.15) is 65.1 Å². The highest BCUT2D eigenvalue weighted by Gasteiger charge is 2.48. The second-order valence-electron chi connectivity index (χ2n) is 13.1. The van der Waals surface area contributed by atoms with Crippen molar-refractivity contribution in [2.45, 2.75) is 66.5 Å². The first-order valence-corrected chi connectivity index (χ1v) is 17.2. The lowest BCUT2D eigenvalue weighted by atomic mass is 9.90. The van der Waals surface area contributed by atoms with E-state index in [9.17, 15) is 9.59 Å². The summed E-state index contributed by atoms with van der Waals surface area (Å²) in [7, 11) is 3.93. The van der Waals surface area contributed by atoms with Gasteiger partial charge in [0.15, 0.2) is 0 Å². The number of nitrogens with zero attached hydrogens (tertiary/aromatic N) is 4. The van der Waals surface area contributed by atoms with Crippen molar-refractivity contribution in [1.82, 2.24) is 19.1 Å². The van der Waals surface area contributed by atoms with E-state index in [4.69, 9.17) is 9.31 Å². The number of carbonyl (C=O) groups excluding carboxylic acids is 2. The van der Waals surface area contributed by atoms with Crippen LogP contribution >= 0.6 is 15.9 Å². The van der Waals surface area contributed by atoms with Crippen LogP contribution in [0.3, 0.4) is 0 Å². The maximum absolute atomic E-state index is 10.3. The summed E-state index contributed by atoms with van der Waals surface area (Å²) in [6.45, 7) is 16.0. The monoisotopic (exact) mass is 738 g/mol. The molecule has 1 fully saturated rings. The van der Waals surface area contributed by atoms with Gasteiger partial charge in [0.2, 0.25) is 0 Å². The molecule has 2 aromatic heterocycles. The maximum Gasteiger partial charge on any atom is 0.454 e. The van der Waals surface area contributed by atoms with Crippen molar-refractivity contribution in [3.8, 4) is 0 Å². The van der Waals surface area contributed by atoms with Gasteiger partial charge in [0, 0.05) is 29.7 Å². The van der Waals surface area contributed by atoms with Crippen LogP contribution in [-0.4, -0.2) is 50.0 Å². The van der Waals surface area contributed by atoms with E-state index in [1.54, 1.807) is 6.07 Å². The molecule has 0 atom stereocenters. The first-order valence-electron chi connectivity index (χ1n) is 16.4. The van der Waals surface area contributed by atoms with Crippen molar-refractivity contribution in [2.75, 3.05) is 0 Å². The molecule has 3 heterocycles. The van der Waals surface area contributed by atoms with Crippen LogP contribution in [0.25, 0.3) is 22.1 Å². The molecule has 0 saturated carbocycles. The molecule has 10 heteroatoms. The lowest BCUT2D eigenvalue weighted by molar-refractivity contribution is 0.00578. The quantitative estimate of drug-likeness (QED) is 0.130. The summed E-state index contributed by atoms with van der Waals surface area (Å²) in [6.07, 6.45) is 5.39. The molecule has 1 aliphatic rings. The Labute approximate surface area is 305 Å². The van der Waals surface area contributed by atoms with Gasteiger partial charge < -0.3 is 18.4 Å². The van der Waals surface area contributed by atoms with E-state index in [0.29, 0.717) is 0 Å². The topological polar surface area (TPSA) is 88.2 Å². The van der Waals surface area contributed by atoms with Gasteiger partial charge in [0.05, 0.1) is 45.9 Å². The van der Waals surface area contributed by atoms with Crippen LogP contribution in [0.2, 0.25) is 6.82 Å². The fraction of sp³-hybridized carbons (Fsp3) is 0.300. The molecule has 0 amide bonds. The molecule has 8 nitrogen and oxygen atoms in total. The molecule has 0 radical (unpaired) electrons. The van der Waals surface area contributed by atoms with E-state index in [-0.39, 0.29) is 18.3 Å². The average Bonchev–Trinajstić information content (AvgIpc) is 3.69. The fourth-order valence-corrected chi connectivity index (χ4v) is 5.51. The number of hydrogen-bond donors (Lipinski definition) is 0. The van der Waals surface area contributed by atoms with Crippen molar-refractivity contribution in [2.24, 2.45) is 14.1 Å². The first-order chi connectivity index (χ1) is 23.6. The highest BCUT2D eigenvalue weighted by Crippen LogP contribution is 2.36. The molecule has 0 spiro atoms. The standard InChI is InChI=1S/C9H10O.C8H7BrO.2C8H8N2.C7H15BO2/c1-7-3-4-9(6-10)8(2)5-7;1-6-4-8(9)3-2-7(6)5-10;2*1-10-6-9-7-4-2-3-5-8(7)10;1-6(2)7(3,4)10-8(5)9-6/h3-6H,1-2H3;2-5H,1H3;2*2-6H,1H3;1-5H3. The highest BCUT2D eigenvalue weighted by atomic mass is 79.9. The number of aryl methyl sites for hydroxylation is 5. The molecular formula is C40H48BBrN4O4. The molecular weight excluding hydrogens is 691 g/mol. The zero-order valence-electron chi connectivity index (χ0n) is 30.8. The SMILES string of the molecule is CB1OC(C)(C)C(C)(C)O1.Cc1cc(Br)ccc1C=O.Cc1ccc(C=O)c(C)c1.Cn1cnc2ccccc21.Cn1cnc2ccccc21. The number of aldehydes is 2. The third kappa shape index (κ3) is 11.1. The summed E-state index contributed by atoms with van der Waals surface area (Å²) in [5, 5.41) is 0. The van der Waals surface area contributed by atoms with Gasteiger partial charge in [0.1, 0.15) is 12.6 Å². The molecule has 262 valence electrons. The molecule has 7 rings (SSSR count). The normalized spacial score (nSPS) is 13.8. The van der Waals surface area contributed by atoms with Gasteiger partial charge in [0.25, 0.3) is 0 Å². The van der Waals surface area contributed by atoms with Crippen molar-refractivity contribution in [1.29, 1.82) is 0 Å².